The lowest BCUT2D eigenvalue weighted by Gasteiger charge is -2.29. The summed E-state index contributed by atoms with van der Waals surface area (Å²) in [6.45, 7) is 8.52. The molecule has 0 spiro atoms. The van der Waals surface area contributed by atoms with Gasteiger partial charge in [0.05, 0.1) is 19.2 Å². The second-order valence-electron chi connectivity index (χ2n) is 11.1. The molecule has 0 bridgehead atoms. The van der Waals surface area contributed by atoms with Gasteiger partial charge in [-0.3, -0.25) is 9.69 Å². The van der Waals surface area contributed by atoms with Gasteiger partial charge in [0, 0.05) is 18.2 Å². The molecule has 0 saturated heterocycles. The van der Waals surface area contributed by atoms with Gasteiger partial charge in [-0.1, -0.05) is 51.1 Å². The van der Waals surface area contributed by atoms with Gasteiger partial charge in [0.1, 0.15) is 17.7 Å². The monoisotopic (exact) mass is 546 g/mol. The maximum atomic E-state index is 15.0. The van der Waals surface area contributed by atoms with Crippen molar-refractivity contribution < 1.29 is 23.8 Å². The molecule has 6 nitrogen and oxygen atoms in total. The predicted molar refractivity (Wildman–Crippen MR) is 153 cm³/mol. The fourth-order valence-corrected chi connectivity index (χ4v) is 6.04. The number of methoxy groups -OCH3 is 1. The Hall–Kier alpha value is -3.45. The van der Waals surface area contributed by atoms with Crippen LogP contribution in [0.4, 0.5) is 4.39 Å². The molecule has 2 aliphatic rings. The second-order valence-corrected chi connectivity index (χ2v) is 11.1. The van der Waals surface area contributed by atoms with E-state index >= 15 is 0 Å². The van der Waals surface area contributed by atoms with Gasteiger partial charge in [0.2, 0.25) is 5.88 Å². The minimum atomic E-state index is -0.752. The van der Waals surface area contributed by atoms with Crippen LogP contribution in [0.2, 0.25) is 0 Å². The molecule has 0 amide bonds. The number of aliphatic carboxylic acids is 1. The van der Waals surface area contributed by atoms with Gasteiger partial charge in [-0.05, 0) is 84.5 Å². The van der Waals surface area contributed by atoms with Crippen molar-refractivity contribution in [3.8, 4) is 22.8 Å². The Kier molecular flexibility index (Phi) is 8.40. The van der Waals surface area contributed by atoms with Crippen LogP contribution in [-0.4, -0.2) is 41.2 Å². The quantitative estimate of drug-likeness (QED) is 0.279. The lowest BCUT2D eigenvalue weighted by atomic mass is 9.82. The number of aromatic nitrogens is 1. The number of pyridine rings is 1. The van der Waals surface area contributed by atoms with E-state index < -0.39 is 11.9 Å². The van der Waals surface area contributed by atoms with Crippen molar-refractivity contribution in [1.29, 1.82) is 0 Å². The van der Waals surface area contributed by atoms with Gasteiger partial charge in [-0.15, -0.1) is 0 Å². The second kappa shape index (κ2) is 12.0. The Morgan fingerprint density at radius 2 is 1.90 bits per heavy atom. The fraction of sp³-hybridized carbons (Fsp3) is 0.455. The number of hydrogen-bond acceptors (Lipinski definition) is 5. The van der Waals surface area contributed by atoms with E-state index in [2.05, 4.69) is 48.0 Å². The van der Waals surface area contributed by atoms with E-state index in [1.165, 1.54) is 13.3 Å². The van der Waals surface area contributed by atoms with Crippen LogP contribution in [0, 0.1) is 17.7 Å². The van der Waals surface area contributed by atoms with Crippen LogP contribution >= 0.6 is 0 Å². The maximum absolute atomic E-state index is 15.0. The molecular weight excluding hydrogens is 507 g/mol. The Morgan fingerprint density at radius 3 is 2.58 bits per heavy atom. The average molecular weight is 547 g/mol. The zero-order valence-corrected chi connectivity index (χ0v) is 23.8. The smallest absolute Gasteiger partial charge is 0.306 e. The third kappa shape index (κ3) is 5.85. The number of rotatable bonds is 11. The summed E-state index contributed by atoms with van der Waals surface area (Å²) >= 11 is 0. The van der Waals surface area contributed by atoms with Crippen LogP contribution in [0.15, 0.2) is 48.7 Å². The van der Waals surface area contributed by atoms with E-state index in [4.69, 9.17) is 9.47 Å². The van der Waals surface area contributed by atoms with Crippen molar-refractivity contribution in [2.75, 3.05) is 20.2 Å². The average Bonchev–Trinajstić information content (AvgIpc) is 3.81. The lowest BCUT2D eigenvalue weighted by Crippen LogP contribution is -2.23. The minimum Gasteiger partial charge on any atom is -0.485 e. The maximum Gasteiger partial charge on any atom is 0.306 e. The Bertz CT molecular complexity index is 1370. The number of hydrogen-bond donors (Lipinski definition) is 1. The number of aryl methyl sites for hydroxylation is 1. The highest BCUT2D eigenvalue weighted by Crippen LogP contribution is 2.48. The van der Waals surface area contributed by atoms with Crippen molar-refractivity contribution >= 4 is 5.97 Å². The molecule has 2 heterocycles. The van der Waals surface area contributed by atoms with Crippen LogP contribution in [0.3, 0.4) is 0 Å². The van der Waals surface area contributed by atoms with Crippen molar-refractivity contribution in [1.82, 2.24) is 9.88 Å². The molecule has 2 aromatic carbocycles. The van der Waals surface area contributed by atoms with Crippen LogP contribution in [0.1, 0.15) is 74.3 Å². The molecule has 1 saturated carbocycles. The van der Waals surface area contributed by atoms with Gasteiger partial charge >= 0.3 is 5.97 Å². The highest BCUT2D eigenvalue weighted by Gasteiger charge is 2.39. The number of carbonyl (C=O) groups is 1. The first-order valence-electron chi connectivity index (χ1n) is 14.4. The molecule has 3 aromatic rings. The first kappa shape index (κ1) is 28.1. The van der Waals surface area contributed by atoms with Gasteiger partial charge in [0.25, 0.3) is 0 Å². The fourth-order valence-electron chi connectivity index (χ4n) is 6.04. The van der Waals surface area contributed by atoms with Crippen LogP contribution < -0.4 is 9.47 Å². The molecular formula is C33H39FN2O4. The van der Waals surface area contributed by atoms with Gasteiger partial charge in [-0.25, -0.2) is 9.37 Å². The number of benzene rings is 2. The highest BCUT2D eigenvalue weighted by atomic mass is 19.1. The zero-order chi connectivity index (χ0) is 28.4. The molecule has 7 heteroatoms. The molecule has 5 rings (SSSR count). The normalized spacial score (nSPS) is 18.1. The third-order valence-electron chi connectivity index (χ3n) is 8.60. The summed E-state index contributed by atoms with van der Waals surface area (Å²) in [6.07, 6.45) is 4.95. The summed E-state index contributed by atoms with van der Waals surface area (Å²) in [4.78, 5) is 18.2. The van der Waals surface area contributed by atoms with E-state index in [0.717, 1.165) is 72.3 Å². The Labute approximate surface area is 236 Å². The lowest BCUT2D eigenvalue weighted by molar-refractivity contribution is -0.142. The summed E-state index contributed by atoms with van der Waals surface area (Å²) in [5.74, 6) is 0.0653. The van der Waals surface area contributed by atoms with Gasteiger partial charge < -0.3 is 14.6 Å². The summed E-state index contributed by atoms with van der Waals surface area (Å²) in [5.41, 5.74) is 5.59. The largest absolute Gasteiger partial charge is 0.485 e. The molecule has 1 aliphatic carbocycles. The van der Waals surface area contributed by atoms with E-state index in [0.29, 0.717) is 23.9 Å². The third-order valence-corrected chi connectivity index (χ3v) is 8.60. The van der Waals surface area contributed by atoms with Crippen molar-refractivity contribution in [2.24, 2.45) is 11.8 Å². The van der Waals surface area contributed by atoms with E-state index in [1.54, 1.807) is 6.07 Å². The number of carboxylic acid groups (broad SMARTS) is 1. The SMILES string of the molecule is CCN(CC)Cc1cc([C@H]2CCc3ccc([C@H](C4CC4)[C@H](C)C(=O)O)cc3O2)ccc1-c1cc(OC)ncc1F. The molecule has 1 aliphatic heterocycles. The summed E-state index contributed by atoms with van der Waals surface area (Å²) in [6, 6.07) is 14.1. The van der Waals surface area contributed by atoms with Gasteiger partial charge in [0.15, 0.2) is 0 Å². The van der Waals surface area contributed by atoms with Crippen LogP contribution in [-0.2, 0) is 17.8 Å². The Morgan fingerprint density at radius 1 is 1.12 bits per heavy atom. The zero-order valence-electron chi connectivity index (χ0n) is 23.8. The highest BCUT2D eigenvalue weighted by molar-refractivity contribution is 5.71. The summed E-state index contributed by atoms with van der Waals surface area (Å²) < 4.78 is 26.9. The number of fused-ring (bicyclic) bond motifs is 1. The Balaban J connectivity index is 1.47. The summed E-state index contributed by atoms with van der Waals surface area (Å²) in [5, 5.41) is 9.73. The molecule has 40 heavy (non-hydrogen) atoms. The van der Waals surface area contributed by atoms with E-state index in [-0.39, 0.29) is 17.8 Å². The van der Waals surface area contributed by atoms with Crippen molar-refractivity contribution in [2.45, 2.75) is 65.0 Å². The molecule has 3 atom stereocenters. The number of nitrogens with zero attached hydrogens (tertiary/aromatic N) is 2. The van der Waals surface area contributed by atoms with Crippen molar-refractivity contribution in [3.63, 3.8) is 0 Å². The number of ether oxygens (including phenoxy) is 2. The van der Waals surface area contributed by atoms with E-state index in [9.17, 15) is 14.3 Å². The first-order valence-corrected chi connectivity index (χ1v) is 14.4. The first-order chi connectivity index (χ1) is 19.3. The number of carboxylic acids is 1. The van der Waals surface area contributed by atoms with Crippen molar-refractivity contribution in [3.05, 3.63) is 76.7 Å². The molecule has 1 N–H and O–H groups in total. The minimum absolute atomic E-state index is 0.000941. The van der Waals surface area contributed by atoms with Crippen LogP contribution in [0.5, 0.6) is 11.6 Å². The van der Waals surface area contributed by atoms with Gasteiger partial charge in [-0.2, -0.15) is 0 Å². The summed E-state index contributed by atoms with van der Waals surface area (Å²) in [7, 11) is 1.53. The molecule has 1 fully saturated rings. The number of halogens is 1. The molecule has 0 radical (unpaired) electrons. The molecule has 0 unspecified atom stereocenters. The molecule has 1 aromatic heterocycles. The van der Waals surface area contributed by atoms with E-state index in [1.807, 2.05) is 19.1 Å². The standard InChI is InChI=1S/C33H39FN2O4/c1-5-36(6-2)19-25-15-23(11-13-26(25)27-17-31(39-4)35-18-28(27)34)29-14-12-21-7-10-24(16-30(21)40-29)32(22-8-9-22)20(3)33(37)38/h7,10-11,13,15-18,20,22,29,32H,5-6,8-9,12,14,19H2,1-4H3,(H,37,38)/t20-,29+,32-/m0/s1. The predicted octanol–water partition coefficient (Wildman–Crippen LogP) is 7.02. The molecule has 212 valence electrons. The van der Waals surface area contributed by atoms with Crippen LogP contribution in [0.25, 0.3) is 11.1 Å². The topological polar surface area (TPSA) is 71.9 Å².